The van der Waals surface area contributed by atoms with Gasteiger partial charge in [-0.05, 0) is 24.3 Å². The van der Waals surface area contributed by atoms with Crippen molar-refractivity contribution in [3.8, 4) is 0 Å². The van der Waals surface area contributed by atoms with Crippen LogP contribution in [0.2, 0.25) is 0 Å². The molecule has 5 heteroatoms. The topological polar surface area (TPSA) is 61.6 Å². The quantitative estimate of drug-likeness (QED) is 0.463. The van der Waals surface area contributed by atoms with Crippen LogP contribution in [0.1, 0.15) is 10.4 Å². The van der Waals surface area contributed by atoms with Gasteiger partial charge in [-0.2, -0.15) is 0 Å². The standard InChI is InChI=1S/C10H7NO3.Na/c12-9-8(10(13)14)5-4-7-3-1-2-6-11(7)9;/h1-6H,(H,13,14);/q;+1/p-1. The molecule has 0 fully saturated rings. The molecule has 0 unspecified atom stereocenters. The Balaban J connectivity index is 0.00000112. The van der Waals surface area contributed by atoms with E-state index in [1.54, 1.807) is 24.3 Å². The Hall–Kier alpha value is -1.10. The van der Waals surface area contributed by atoms with Gasteiger partial charge in [-0.1, -0.05) is 6.07 Å². The minimum absolute atomic E-state index is 0. The third-order valence-electron chi connectivity index (χ3n) is 1.98. The van der Waals surface area contributed by atoms with Crippen LogP contribution in [0.25, 0.3) is 5.52 Å². The maximum Gasteiger partial charge on any atom is 1.00 e. The Morgan fingerprint density at radius 3 is 2.60 bits per heavy atom. The largest absolute Gasteiger partial charge is 1.00 e. The Morgan fingerprint density at radius 2 is 1.93 bits per heavy atom. The van der Waals surface area contributed by atoms with E-state index in [-0.39, 0.29) is 35.1 Å². The van der Waals surface area contributed by atoms with Crippen LogP contribution in [0.5, 0.6) is 0 Å². The monoisotopic (exact) mass is 211 g/mol. The number of pyridine rings is 2. The van der Waals surface area contributed by atoms with E-state index in [0.717, 1.165) is 0 Å². The van der Waals surface area contributed by atoms with Gasteiger partial charge in [0.1, 0.15) is 0 Å². The predicted octanol–water partition coefficient (Wildman–Crippen LogP) is -3.33. The molecular weight excluding hydrogens is 205 g/mol. The van der Waals surface area contributed by atoms with Crippen molar-refractivity contribution < 1.29 is 39.5 Å². The molecule has 0 saturated carbocycles. The summed E-state index contributed by atoms with van der Waals surface area (Å²) in [4.78, 5) is 22.1. The van der Waals surface area contributed by atoms with Crippen molar-refractivity contribution in [3.05, 3.63) is 52.4 Å². The summed E-state index contributed by atoms with van der Waals surface area (Å²) in [6, 6.07) is 7.97. The van der Waals surface area contributed by atoms with Crippen molar-refractivity contribution in [1.82, 2.24) is 4.40 Å². The molecule has 0 radical (unpaired) electrons. The molecule has 0 aliphatic rings. The smallest absolute Gasteiger partial charge is 0.545 e. The number of fused-ring (bicyclic) bond motifs is 1. The zero-order valence-corrected chi connectivity index (χ0v) is 10.1. The molecule has 2 rings (SSSR count). The molecule has 70 valence electrons. The summed E-state index contributed by atoms with van der Waals surface area (Å²) in [6.07, 6.45) is 1.52. The van der Waals surface area contributed by atoms with Gasteiger partial charge in [0.05, 0.1) is 11.5 Å². The molecule has 2 aromatic rings. The third-order valence-corrected chi connectivity index (χ3v) is 1.98. The summed E-state index contributed by atoms with van der Waals surface area (Å²) in [5.41, 5.74) is -0.237. The molecule has 2 heterocycles. The zero-order chi connectivity index (χ0) is 10.1. The van der Waals surface area contributed by atoms with Crippen molar-refractivity contribution >= 4 is 11.5 Å². The molecule has 0 amide bonds. The van der Waals surface area contributed by atoms with Gasteiger partial charge in [0.2, 0.25) is 0 Å². The van der Waals surface area contributed by atoms with E-state index in [1.165, 1.54) is 16.7 Å². The summed E-state index contributed by atoms with van der Waals surface area (Å²) in [5.74, 6) is -1.45. The molecule has 0 aliphatic carbocycles. The van der Waals surface area contributed by atoms with Crippen LogP contribution < -0.4 is 40.2 Å². The van der Waals surface area contributed by atoms with Gasteiger partial charge in [0.15, 0.2) is 0 Å². The van der Waals surface area contributed by atoms with Crippen LogP contribution in [0, 0.1) is 0 Å². The van der Waals surface area contributed by atoms with E-state index in [4.69, 9.17) is 0 Å². The number of carbonyl (C=O) groups excluding carboxylic acids is 1. The first-order chi connectivity index (χ1) is 6.70. The van der Waals surface area contributed by atoms with Crippen LogP contribution >= 0.6 is 0 Å². The van der Waals surface area contributed by atoms with Gasteiger partial charge in [-0.3, -0.25) is 9.20 Å². The average Bonchev–Trinajstić information content (AvgIpc) is 2.18. The van der Waals surface area contributed by atoms with Gasteiger partial charge in [0.25, 0.3) is 5.56 Å². The molecule has 15 heavy (non-hydrogen) atoms. The van der Waals surface area contributed by atoms with E-state index in [0.29, 0.717) is 5.52 Å². The maximum absolute atomic E-state index is 11.5. The van der Waals surface area contributed by atoms with Crippen LogP contribution in [-0.4, -0.2) is 10.4 Å². The molecule has 0 bridgehead atoms. The van der Waals surface area contributed by atoms with Crippen molar-refractivity contribution in [2.75, 3.05) is 0 Å². The Labute approximate surface area is 107 Å². The van der Waals surface area contributed by atoms with Gasteiger partial charge in [-0.15, -0.1) is 0 Å². The molecular formula is C10H6NNaO3. The SMILES string of the molecule is O=C([O-])c1ccc2ccccn2c1=O.[Na+]. The predicted molar refractivity (Wildman–Crippen MR) is 48.0 cm³/mol. The number of aromatic carboxylic acids is 1. The summed E-state index contributed by atoms with van der Waals surface area (Å²) in [6.45, 7) is 0. The molecule has 2 aromatic heterocycles. The number of carboxylic acid groups (broad SMARTS) is 1. The van der Waals surface area contributed by atoms with Crippen molar-refractivity contribution in [2.24, 2.45) is 0 Å². The summed E-state index contributed by atoms with van der Waals surface area (Å²) in [7, 11) is 0. The van der Waals surface area contributed by atoms with Crippen molar-refractivity contribution in [1.29, 1.82) is 0 Å². The van der Waals surface area contributed by atoms with Gasteiger partial charge < -0.3 is 9.90 Å². The normalized spacial score (nSPS) is 9.60. The second kappa shape index (κ2) is 4.61. The van der Waals surface area contributed by atoms with E-state index in [2.05, 4.69) is 0 Å². The second-order valence-electron chi connectivity index (χ2n) is 2.84. The Bertz CT molecular complexity index is 562. The summed E-state index contributed by atoms with van der Waals surface area (Å²) < 4.78 is 1.27. The van der Waals surface area contributed by atoms with Gasteiger partial charge in [-0.25, -0.2) is 0 Å². The fraction of sp³-hybridized carbons (Fsp3) is 0. The van der Waals surface area contributed by atoms with Crippen molar-refractivity contribution in [2.45, 2.75) is 0 Å². The number of carboxylic acids is 1. The molecule has 0 atom stereocenters. The number of nitrogens with zero attached hydrogens (tertiary/aromatic N) is 1. The fourth-order valence-corrected chi connectivity index (χ4v) is 1.30. The maximum atomic E-state index is 11.5. The number of aromatic nitrogens is 1. The number of carbonyl (C=O) groups is 1. The molecule has 0 N–H and O–H groups in total. The van der Waals surface area contributed by atoms with Crippen LogP contribution in [-0.2, 0) is 0 Å². The number of hydrogen-bond donors (Lipinski definition) is 0. The van der Waals surface area contributed by atoms with E-state index in [1.807, 2.05) is 0 Å². The molecule has 0 aromatic carbocycles. The first kappa shape index (κ1) is 12.0. The van der Waals surface area contributed by atoms with Crippen LogP contribution in [0.4, 0.5) is 0 Å². The second-order valence-corrected chi connectivity index (χ2v) is 2.84. The van der Waals surface area contributed by atoms with E-state index >= 15 is 0 Å². The minimum Gasteiger partial charge on any atom is -0.545 e. The minimum atomic E-state index is -1.45. The average molecular weight is 211 g/mol. The van der Waals surface area contributed by atoms with Gasteiger partial charge >= 0.3 is 29.6 Å². The van der Waals surface area contributed by atoms with Gasteiger partial charge in [0, 0.05) is 11.7 Å². The van der Waals surface area contributed by atoms with Crippen LogP contribution in [0.3, 0.4) is 0 Å². The molecule has 0 spiro atoms. The van der Waals surface area contributed by atoms with E-state index < -0.39 is 11.5 Å². The zero-order valence-electron chi connectivity index (χ0n) is 8.14. The first-order valence-electron chi connectivity index (χ1n) is 4.02. The van der Waals surface area contributed by atoms with Crippen LogP contribution in [0.15, 0.2) is 41.3 Å². The molecule has 0 saturated heterocycles. The molecule has 0 aliphatic heterocycles. The number of hydrogen-bond acceptors (Lipinski definition) is 3. The third kappa shape index (κ3) is 2.12. The first-order valence-corrected chi connectivity index (χ1v) is 4.02. The fourth-order valence-electron chi connectivity index (χ4n) is 1.30. The number of rotatable bonds is 1. The Kier molecular flexibility index (Phi) is 3.68. The van der Waals surface area contributed by atoms with Crippen molar-refractivity contribution in [3.63, 3.8) is 0 Å². The molecule has 4 nitrogen and oxygen atoms in total. The summed E-state index contributed by atoms with van der Waals surface area (Å²) in [5, 5.41) is 10.5. The van der Waals surface area contributed by atoms with E-state index in [9.17, 15) is 14.7 Å². The Morgan fingerprint density at radius 1 is 1.20 bits per heavy atom. The summed E-state index contributed by atoms with van der Waals surface area (Å²) >= 11 is 0.